The number of ether oxygens (including phenoxy) is 1. The van der Waals surface area contributed by atoms with Gasteiger partial charge in [0.15, 0.2) is 0 Å². The maximum Gasteiger partial charge on any atom is 0.253 e. The summed E-state index contributed by atoms with van der Waals surface area (Å²) < 4.78 is 5.28. The van der Waals surface area contributed by atoms with Crippen LogP contribution in [0.1, 0.15) is 21.5 Å². The van der Waals surface area contributed by atoms with Crippen LogP contribution in [0, 0.1) is 6.92 Å². The molecule has 0 atom stereocenters. The van der Waals surface area contributed by atoms with Crippen LogP contribution in [0.2, 0.25) is 0 Å². The number of hydrogen-bond acceptors (Lipinski definition) is 3. The average molecular weight is 324 g/mol. The summed E-state index contributed by atoms with van der Waals surface area (Å²) in [4.78, 5) is 16.9. The van der Waals surface area contributed by atoms with Gasteiger partial charge in [-0.1, -0.05) is 29.8 Å². The van der Waals surface area contributed by atoms with Gasteiger partial charge in [0.25, 0.3) is 5.91 Å². The highest BCUT2D eigenvalue weighted by Crippen LogP contribution is 2.16. The van der Waals surface area contributed by atoms with Crippen molar-refractivity contribution in [1.82, 2.24) is 9.80 Å². The van der Waals surface area contributed by atoms with E-state index in [4.69, 9.17) is 4.74 Å². The minimum absolute atomic E-state index is 0.135. The van der Waals surface area contributed by atoms with Gasteiger partial charge in [-0.05, 0) is 36.8 Å². The third-order valence-corrected chi connectivity index (χ3v) is 4.50. The molecular formula is C20H24N2O2. The van der Waals surface area contributed by atoms with Gasteiger partial charge in [0, 0.05) is 38.3 Å². The van der Waals surface area contributed by atoms with Crippen molar-refractivity contribution in [2.45, 2.75) is 13.5 Å². The number of methoxy groups -OCH3 is 1. The van der Waals surface area contributed by atoms with Crippen molar-refractivity contribution in [3.63, 3.8) is 0 Å². The number of amides is 1. The van der Waals surface area contributed by atoms with E-state index in [0.29, 0.717) is 0 Å². The fourth-order valence-corrected chi connectivity index (χ4v) is 3.02. The van der Waals surface area contributed by atoms with Gasteiger partial charge in [-0.3, -0.25) is 9.69 Å². The van der Waals surface area contributed by atoms with E-state index in [-0.39, 0.29) is 5.91 Å². The first-order chi connectivity index (χ1) is 11.7. The second kappa shape index (κ2) is 7.49. The summed E-state index contributed by atoms with van der Waals surface area (Å²) in [7, 11) is 1.69. The molecule has 1 fully saturated rings. The normalized spacial score (nSPS) is 15.3. The molecule has 1 saturated heterocycles. The molecular weight excluding hydrogens is 300 g/mol. The predicted octanol–water partition coefficient (Wildman–Crippen LogP) is 2.96. The summed E-state index contributed by atoms with van der Waals surface area (Å²) in [5.41, 5.74) is 3.20. The first kappa shape index (κ1) is 16.5. The van der Waals surface area contributed by atoms with Gasteiger partial charge in [-0.15, -0.1) is 0 Å². The molecule has 4 heteroatoms. The highest BCUT2D eigenvalue weighted by molar-refractivity contribution is 5.94. The molecule has 0 spiro atoms. The largest absolute Gasteiger partial charge is 0.497 e. The fourth-order valence-electron chi connectivity index (χ4n) is 3.02. The smallest absolute Gasteiger partial charge is 0.253 e. The minimum atomic E-state index is 0.135. The lowest BCUT2D eigenvalue weighted by molar-refractivity contribution is 0.0628. The number of aryl methyl sites for hydroxylation is 1. The SMILES string of the molecule is COc1cccc(CN2CCN(C(=O)c3ccc(C)cc3)CC2)c1. The van der Waals surface area contributed by atoms with Crippen molar-refractivity contribution >= 4 is 5.91 Å². The first-order valence-corrected chi connectivity index (χ1v) is 8.37. The lowest BCUT2D eigenvalue weighted by Gasteiger charge is -2.34. The van der Waals surface area contributed by atoms with E-state index >= 15 is 0 Å². The van der Waals surface area contributed by atoms with Crippen molar-refractivity contribution < 1.29 is 9.53 Å². The van der Waals surface area contributed by atoms with Gasteiger partial charge in [0.05, 0.1) is 7.11 Å². The van der Waals surface area contributed by atoms with Crippen LogP contribution < -0.4 is 4.74 Å². The zero-order valence-corrected chi connectivity index (χ0v) is 14.4. The number of benzene rings is 2. The molecule has 0 aliphatic carbocycles. The topological polar surface area (TPSA) is 32.8 Å². The van der Waals surface area contributed by atoms with Crippen LogP contribution in [0.25, 0.3) is 0 Å². The average Bonchev–Trinajstić information content (AvgIpc) is 2.62. The molecule has 126 valence electrons. The van der Waals surface area contributed by atoms with Crippen LogP contribution in [-0.2, 0) is 6.54 Å². The van der Waals surface area contributed by atoms with Crippen molar-refractivity contribution in [2.75, 3.05) is 33.3 Å². The molecule has 0 saturated carbocycles. The highest BCUT2D eigenvalue weighted by Gasteiger charge is 2.22. The van der Waals surface area contributed by atoms with Crippen LogP contribution in [-0.4, -0.2) is 49.0 Å². The maximum atomic E-state index is 12.6. The molecule has 4 nitrogen and oxygen atoms in total. The second-order valence-electron chi connectivity index (χ2n) is 6.29. The first-order valence-electron chi connectivity index (χ1n) is 8.37. The number of rotatable bonds is 4. The Kier molecular flexibility index (Phi) is 5.16. The Bertz CT molecular complexity index is 689. The van der Waals surface area contributed by atoms with Gasteiger partial charge in [-0.25, -0.2) is 0 Å². The molecule has 1 heterocycles. The number of carbonyl (C=O) groups excluding carboxylic acids is 1. The lowest BCUT2D eigenvalue weighted by atomic mass is 10.1. The molecule has 3 rings (SSSR count). The van der Waals surface area contributed by atoms with Crippen molar-refractivity contribution in [3.05, 3.63) is 65.2 Å². The summed E-state index contributed by atoms with van der Waals surface area (Å²) in [6.07, 6.45) is 0. The Balaban J connectivity index is 1.55. The molecule has 24 heavy (non-hydrogen) atoms. The van der Waals surface area contributed by atoms with Gasteiger partial charge >= 0.3 is 0 Å². The number of carbonyl (C=O) groups is 1. The van der Waals surface area contributed by atoms with E-state index < -0.39 is 0 Å². The minimum Gasteiger partial charge on any atom is -0.497 e. The lowest BCUT2D eigenvalue weighted by Crippen LogP contribution is -2.48. The Morgan fingerprint density at radius 3 is 2.42 bits per heavy atom. The Labute approximate surface area is 143 Å². The fraction of sp³-hybridized carbons (Fsp3) is 0.350. The van der Waals surface area contributed by atoms with Gasteiger partial charge in [0.2, 0.25) is 0 Å². The summed E-state index contributed by atoms with van der Waals surface area (Å²) in [5.74, 6) is 1.02. The zero-order valence-electron chi connectivity index (χ0n) is 14.4. The van der Waals surface area contributed by atoms with E-state index in [9.17, 15) is 4.79 Å². The quantitative estimate of drug-likeness (QED) is 0.867. The van der Waals surface area contributed by atoms with E-state index in [0.717, 1.165) is 44.0 Å². The Morgan fingerprint density at radius 2 is 1.75 bits per heavy atom. The van der Waals surface area contributed by atoms with Crippen LogP contribution >= 0.6 is 0 Å². The Hall–Kier alpha value is -2.33. The molecule has 0 radical (unpaired) electrons. The molecule has 0 aromatic heterocycles. The molecule has 1 aliphatic heterocycles. The van der Waals surface area contributed by atoms with Crippen LogP contribution in [0.5, 0.6) is 5.75 Å². The van der Waals surface area contributed by atoms with Crippen molar-refractivity contribution in [2.24, 2.45) is 0 Å². The molecule has 0 bridgehead atoms. The van der Waals surface area contributed by atoms with E-state index in [1.165, 1.54) is 11.1 Å². The summed E-state index contributed by atoms with van der Waals surface area (Å²) in [6.45, 7) is 6.27. The van der Waals surface area contributed by atoms with Crippen LogP contribution in [0.3, 0.4) is 0 Å². The number of hydrogen-bond donors (Lipinski definition) is 0. The molecule has 2 aromatic carbocycles. The zero-order chi connectivity index (χ0) is 16.9. The van der Waals surface area contributed by atoms with Gasteiger partial charge in [0.1, 0.15) is 5.75 Å². The summed E-state index contributed by atoms with van der Waals surface area (Å²) >= 11 is 0. The van der Waals surface area contributed by atoms with E-state index in [1.54, 1.807) is 7.11 Å². The summed E-state index contributed by atoms with van der Waals surface area (Å²) in [6, 6.07) is 16.0. The highest BCUT2D eigenvalue weighted by atomic mass is 16.5. The predicted molar refractivity (Wildman–Crippen MR) is 95.4 cm³/mol. The van der Waals surface area contributed by atoms with Crippen LogP contribution in [0.15, 0.2) is 48.5 Å². The van der Waals surface area contributed by atoms with E-state index in [2.05, 4.69) is 17.0 Å². The van der Waals surface area contributed by atoms with Crippen molar-refractivity contribution in [1.29, 1.82) is 0 Å². The van der Waals surface area contributed by atoms with Crippen molar-refractivity contribution in [3.8, 4) is 5.75 Å². The van der Waals surface area contributed by atoms with Gasteiger partial charge in [-0.2, -0.15) is 0 Å². The second-order valence-corrected chi connectivity index (χ2v) is 6.29. The molecule has 0 N–H and O–H groups in total. The maximum absolute atomic E-state index is 12.6. The molecule has 1 aliphatic rings. The monoisotopic (exact) mass is 324 g/mol. The molecule has 1 amide bonds. The van der Waals surface area contributed by atoms with Gasteiger partial charge < -0.3 is 9.64 Å². The molecule has 0 unspecified atom stereocenters. The number of nitrogens with zero attached hydrogens (tertiary/aromatic N) is 2. The standard InChI is InChI=1S/C20H24N2O2/c1-16-6-8-18(9-7-16)20(23)22-12-10-21(11-13-22)15-17-4-3-5-19(14-17)24-2/h3-9,14H,10-13,15H2,1-2H3. The van der Waals surface area contributed by atoms with E-state index in [1.807, 2.05) is 48.2 Å². The van der Waals surface area contributed by atoms with Crippen LogP contribution in [0.4, 0.5) is 0 Å². The third kappa shape index (κ3) is 3.95. The molecule has 2 aromatic rings. The Morgan fingerprint density at radius 1 is 1.04 bits per heavy atom. The third-order valence-electron chi connectivity index (χ3n) is 4.50. The summed E-state index contributed by atoms with van der Waals surface area (Å²) in [5, 5.41) is 0. The number of piperazine rings is 1.